The topological polar surface area (TPSA) is 30.5 Å². The lowest BCUT2D eigenvalue weighted by Gasteiger charge is -2.10. The molecule has 0 spiro atoms. The highest BCUT2D eigenvalue weighted by atomic mass is 16.5. The molecule has 0 atom stereocenters. The van der Waals surface area contributed by atoms with Crippen molar-refractivity contribution in [1.29, 1.82) is 0 Å². The third-order valence-electron chi connectivity index (χ3n) is 3.42. The maximum atomic E-state index is 5.67. The van der Waals surface area contributed by atoms with E-state index in [-0.39, 0.29) is 0 Å². The van der Waals surface area contributed by atoms with E-state index < -0.39 is 0 Å². The number of ether oxygens (including phenoxy) is 2. The number of methoxy groups -OCH3 is 1. The van der Waals surface area contributed by atoms with Crippen LogP contribution in [0.1, 0.15) is 16.7 Å². The van der Waals surface area contributed by atoms with Crippen molar-refractivity contribution >= 4 is 0 Å². The van der Waals surface area contributed by atoms with Gasteiger partial charge in [-0.3, -0.25) is 0 Å². The van der Waals surface area contributed by atoms with E-state index in [1.54, 1.807) is 7.11 Å². The highest BCUT2D eigenvalue weighted by Gasteiger charge is 1.99. The normalized spacial score (nSPS) is 10.4. The number of benzene rings is 2. The average molecular weight is 285 g/mol. The zero-order valence-electron chi connectivity index (χ0n) is 13.0. The summed E-state index contributed by atoms with van der Waals surface area (Å²) in [6, 6.07) is 14.2. The molecule has 0 saturated heterocycles. The minimum Gasteiger partial charge on any atom is -0.497 e. The van der Waals surface area contributed by atoms with E-state index in [0.29, 0.717) is 6.61 Å². The quantitative estimate of drug-likeness (QED) is 0.790. The molecule has 112 valence electrons. The van der Waals surface area contributed by atoms with Gasteiger partial charge in [0.25, 0.3) is 0 Å². The van der Waals surface area contributed by atoms with Crippen molar-refractivity contribution in [3.8, 4) is 11.5 Å². The van der Waals surface area contributed by atoms with E-state index in [9.17, 15) is 0 Å². The van der Waals surface area contributed by atoms with Crippen molar-refractivity contribution in [3.05, 3.63) is 59.2 Å². The maximum Gasteiger partial charge on any atom is 0.119 e. The van der Waals surface area contributed by atoms with Crippen molar-refractivity contribution in [2.24, 2.45) is 0 Å². The Morgan fingerprint density at radius 3 is 2.33 bits per heavy atom. The van der Waals surface area contributed by atoms with Gasteiger partial charge in [0.2, 0.25) is 0 Å². The summed E-state index contributed by atoms with van der Waals surface area (Å²) in [7, 11) is 1.66. The van der Waals surface area contributed by atoms with Crippen molar-refractivity contribution in [2.75, 3.05) is 20.3 Å². The first kappa shape index (κ1) is 15.4. The predicted molar refractivity (Wildman–Crippen MR) is 86.1 cm³/mol. The van der Waals surface area contributed by atoms with E-state index >= 15 is 0 Å². The fourth-order valence-corrected chi connectivity index (χ4v) is 2.18. The number of aryl methyl sites for hydroxylation is 2. The lowest BCUT2D eigenvalue weighted by Crippen LogP contribution is -2.21. The van der Waals surface area contributed by atoms with Crippen LogP contribution in [0.5, 0.6) is 11.5 Å². The van der Waals surface area contributed by atoms with Crippen molar-refractivity contribution in [2.45, 2.75) is 20.4 Å². The second-order valence-corrected chi connectivity index (χ2v) is 5.13. The molecule has 0 fully saturated rings. The lowest BCUT2D eigenvalue weighted by molar-refractivity contribution is 0.313. The van der Waals surface area contributed by atoms with Crippen LogP contribution in [-0.4, -0.2) is 20.3 Å². The molecule has 0 amide bonds. The molecule has 0 aliphatic heterocycles. The zero-order chi connectivity index (χ0) is 15.1. The molecule has 0 radical (unpaired) electrons. The van der Waals surface area contributed by atoms with Crippen LogP contribution >= 0.6 is 0 Å². The summed E-state index contributed by atoms with van der Waals surface area (Å²) < 4.78 is 10.8. The Morgan fingerprint density at radius 1 is 0.952 bits per heavy atom. The van der Waals surface area contributed by atoms with Crippen LogP contribution in [0.15, 0.2) is 42.5 Å². The van der Waals surface area contributed by atoms with Crippen LogP contribution < -0.4 is 14.8 Å². The third-order valence-corrected chi connectivity index (χ3v) is 3.42. The summed E-state index contributed by atoms with van der Waals surface area (Å²) in [5.41, 5.74) is 3.97. The van der Waals surface area contributed by atoms with Crippen molar-refractivity contribution in [3.63, 3.8) is 0 Å². The first-order valence-electron chi connectivity index (χ1n) is 7.23. The highest BCUT2D eigenvalue weighted by Crippen LogP contribution is 2.16. The van der Waals surface area contributed by atoms with Gasteiger partial charge in [-0.15, -0.1) is 0 Å². The monoisotopic (exact) mass is 285 g/mol. The Kier molecular flexibility index (Phi) is 5.64. The Hall–Kier alpha value is -2.00. The van der Waals surface area contributed by atoms with Crippen molar-refractivity contribution in [1.82, 2.24) is 5.32 Å². The van der Waals surface area contributed by atoms with E-state index in [2.05, 4.69) is 37.4 Å². The molecule has 0 aromatic heterocycles. The fraction of sp³-hybridized carbons (Fsp3) is 0.333. The molecule has 2 rings (SSSR count). The third kappa shape index (κ3) is 4.80. The molecular formula is C18H23NO2. The summed E-state index contributed by atoms with van der Waals surface area (Å²) in [5.74, 6) is 1.71. The molecule has 3 heteroatoms. The first-order chi connectivity index (χ1) is 10.2. The fourth-order valence-electron chi connectivity index (χ4n) is 2.18. The summed E-state index contributed by atoms with van der Waals surface area (Å²) in [5, 5.41) is 3.41. The Morgan fingerprint density at radius 2 is 1.67 bits per heavy atom. The second-order valence-electron chi connectivity index (χ2n) is 5.13. The molecular weight excluding hydrogens is 262 g/mol. The molecule has 2 aromatic rings. The molecule has 0 aliphatic rings. The summed E-state index contributed by atoms with van der Waals surface area (Å²) >= 11 is 0. The molecule has 21 heavy (non-hydrogen) atoms. The molecule has 0 unspecified atom stereocenters. The van der Waals surface area contributed by atoms with E-state index in [0.717, 1.165) is 24.6 Å². The van der Waals surface area contributed by atoms with E-state index in [4.69, 9.17) is 9.47 Å². The Balaban J connectivity index is 1.69. The molecule has 2 aromatic carbocycles. The zero-order valence-corrected chi connectivity index (χ0v) is 13.0. The second kappa shape index (κ2) is 7.70. The van der Waals surface area contributed by atoms with Gasteiger partial charge >= 0.3 is 0 Å². The lowest BCUT2D eigenvalue weighted by atomic mass is 10.1. The standard InChI is InChI=1S/C18H23NO2/c1-14-4-5-16(15(2)12-14)13-19-10-11-21-18-8-6-17(20-3)7-9-18/h4-9,12,19H,10-11,13H2,1-3H3. The predicted octanol–water partition coefficient (Wildman–Crippen LogP) is 3.48. The van der Waals surface area contributed by atoms with Gasteiger partial charge in [-0.05, 0) is 49.2 Å². The van der Waals surface area contributed by atoms with Gasteiger partial charge in [0, 0.05) is 13.1 Å². The van der Waals surface area contributed by atoms with Crippen LogP contribution in [0.2, 0.25) is 0 Å². The molecule has 0 heterocycles. The van der Waals surface area contributed by atoms with Crippen LogP contribution in [0.3, 0.4) is 0 Å². The first-order valence-corrected chi connectivity index (χ1v) is 7.23. The largest absolute Gasteiger partial charge is 0.497 e. The average Bonchev–Trinajstić information content (AvgIpc) is 2.49. The Bertz CT molecular complexity index is 564. The molecule has 0 bridgehead atoms. The number of nitrogens with one attached hydrogen (secondary N) is 1. The minimum atomic E-state index is 0.650. The molecule has 3 nitrogen and oxygen atoms in total. The SMILES string of the molecule is COc1ccc(OCCNCc2ccc(C)cc2C)cc1. The van der Waals surface area contributed by atoms with Crippen LogP contribution in [0.25, 0.3) is 0 Å². The maximum absolute atomic E-state index is 5.67. The van der Waals surface area contributed by atoms with Gasteiger partial charge in [-0.25, -0.2) is 0 Å². The van der Waals surface area contributed by atoms with E-state index in [1.807, 2.05) is 24.3 Å². The molecule has 0 aliphatic carbocycles. The molecule has 0 saturated carbocycles. The number of rotatable bonds is 7. The number of hydrogen-bond donors (Lipinski definition) is 1. The Labute approximate surface area is 126 Å². The van der Waals surface area contributed by atoms with Crippen molar-refractivity contribution < 1.29 is 9.47 Å². The van der Waals surface area contributed by atoms with E-state index in [1.165, 1.54) is 16.7 Å². The highest BCUT2D eigenvalue weighted by molar-refractivity contribution is 5.31. The number of hydrogen-bond acceptors (Lipinski definition) is 3. The summed E-state index contributed by atoms with van der Waals surface area (Å²) in [6.07, 6.45) is 0. The smallest absolute Gasteiger partial charge is 0.119 e. The van der Waals surface area contributed by atoms with Gasteiger partial charge in [0.15, 0.2) is 0 Å². The van der Waals surface area contributed by atoms with Gasteiger partial charge < -0.3 is 14.8 Å². The summed E-state index contributed by atoms with van der Waals surface area (Å²) in [6.45, 7) is 6.61. The van der Waals surface area contributed by atoms with Gasteiger partial charge in [0.1, 0.15) is 18.1 Å². The molecule has 1 N–H and O–H groups in total. The van der Waals surface area contributed by atoms with Gasteiger partial charge in [-0.1, -0.05) is 23.8 Å². The summed E-state index contributed by atoms with van der Waals surface area (Å²) in [4.78, 5) is 0. The minimum absolute atomic E-state index is 0.650. The van der Waals surface area contributed by atoms with Crippen LogP contribution in [0, 0.1) is 13.8 Å². The van der Waals surface area contributed by atoms with Crippen LogP contribution in [-0.2, 0) is 6.54 Å². The van der Waals surface area contributed by atoms with Gasteiger partial charge in [0.05, 0.1) is 7.11 Å². The van der Waals surface area contributed by atoms with Gasteiger partial charge in [-0.2, -0.15) is 0 Å². The van der Waals surface area contributed by atoms with Crippen LogP contribution in [0.4, 0.5) is 0 Å².